The Bertz CT molecular complexity index is 568. The minimum absolute atomic E-state index is 0.0345. The summed E-state index contributed by atoms with van der Waals surface area (Å²) in [5.74, 6) is 0. The first kappa shape index (κ1) is 17.2. The lowest BCUT2D eigenvalue weighted by molar-refractivity contribution is -0.143. The predicted octanol–water partition coefficient (Wildman–Crippen LogP) is 4.96. The highest BCUT2D eigenvalue weighted by Gasteiger charge is 2.42. The molecule has 1 aliphatic rings. The van der Waals surface area contributed by atoms with Crippen molar-refractivity contribution in [3.05, 3.63) is 34.9 Å². The summed E-state index contributed by atoms with van der Waals surface area (Å²) in [6.45, 7) is 1.47. The van der Waals surface area contributed by atoms with E-state index in [-0.39, 0.29) is 11.6 Å². The van der Waals surface area contributed by atoms with E-state index in [9.17, 15) is 31.1 Å². The Morgan fingerprint density at radius 2 is 1.50 bits per heavy atom. The SMILES string of the molecule is C[C@H]1[C@H](c2cc(C(F)(F)F)cc(C(F)(F)F)c2)OC(=O)N1I. The molecule has 3 nitrogen and oxygen atoms in total. The molecule has 1 aromatic rings. The minimum atomic E-state index is -4.94. The van der Waals surface area contributed by atoms with Crippen LogP contribution in [0.1, 0.15) is 29.7 Å². The number of hydrogen-bond acceptors (Lipinski definition) is 2. The number of ether oxygens (including phenoxy) is 1. The zero-order chi connectivity index (χ0) is 16.9. The summed E-state index contributed by atoms with van der Waals surface area (Å²) >= 11 is 1.59. The van der Waals surface area contributed by atoms with Crippen LogP contribution in [0.4, 0.5) is 31.1 Å². The average Bonchev–Trinajstić information content (AvgIpc) is 2.64. The van der Waals surface area contributed by atoms with Crippen molar-refractivity contribution >= 4 is 29.0 Å². The lowest BCUT2D eigenvalue weighted by atomic mass is 9.98. The van der Waals surface area contributed by atoms with Crippen LogP contribution >= 0.6 is 22.9 Å². The molecule has 0 unspecified atom stereocenters. The lowest BCUT2D eigenvalue weighted by Gasteiger charge is -2.19. The van der Waals surface area contributed by atoms with Crippen LogP contribution in [0.15, 0.2) is 18.2 Å². The fraction of sp³-hybridized carbons (Fsp3) is 0.417. The minimum Gasteiger partial charge on any atom is -0.438 e. The molecular weight excluding hydrogens is 431 g/mol. The first-order valence-electron chi connectivity index (χ1n) is 5.86. The number of cyclic esters (lactones) is 1. The van der Waals surface area contributed by atoms with Gasteiger partial charge in [-0.05, 0) is 30.7 Å². The molecule has 1 amide bonds. The normalized spacial score (nSPS) is 22.9. The zero-order valence-electron chi connectivity index (χ0n) is 10.8. The van der Waals surface area contributed by atoms with Crippen LogP contribution < -0.4 is 0 Å². The van der Waals surface area contributed by atoms with Gasteiger partial charge in [-0.3, -0.25) is 0 Å². The van der Waals surface area contributed by atoms with Crippen molar-refractivity contribution in [2.45, 2.75) is 31.4 Å². The number of hydrogen-bond donors (Lipinski definition) is 0. The maximum Gasteiger partial charge on any atom is 0.419 e. The first-order chi connectivity index (χ1) is 9.91. The maximum atomic E-state index is 12.8. The molecule has 0 saturated carbocycles. The third-order valence-electron chi connectivity index (χ3n) is 3.14. The van der Waals surface area contributed by atoms with Gasteiger partial charge in [0.1, 0.15) is 6.10 Å². The molecule has 0 radical (unpaired) electrons. The predicted molar refractivity (Wildman–Crippen MR) is 71.0 cm³/mol. The van der Waals surface area contributed by atoms with Crippen molar-refractivity contribution in [1.82, 2.24) is 3.11 Å². The summed E-state index contributed by atoms with van der Waals surface area (Å²) in [5, 5.41) is 0. The Morgan fingerprint density at radius 1 is 1.05 bits per heavy atom. The van der Waals surface area contributed by atoms with Crippen molar-refractivity contribution in [3.63, 3.8) is 0 Å². The number of carbonyl (C=O) groups is 1. The molecule has 2 atom stereocenters. The van der Waals surface area contributed by atoms with Crippen LogP contribution in [0.25, 0.3) is 0 Å². The van der Waals surface area contributed by atoms with Gasteiger partial charge in [-0.15, -0.1) is 0 Å². The number of halogens is 7. The number of benzene rings is 1. The van der Waals surface area contributed by atoms with Crippen molar-refractivity contribution in [2.24, 2.45) is 0 Å². The van der Waals surface area contributed by atoms with Crippen LogP contribution in [-0.4, -0.2) is 15.2 Å². The standard InChI is InChI=1S/C12H8F6INO2/c1-5-9(22-10(21)20(5)19)6-2-7(11(13,14)15)4-8(3-6)12(16,17)18/h2-5,9H,1H3/t5-,9+/m0/s1. The van der Waals surface area contributed by atoms with Gasteiger partial charge in [-0.25, -0.2) is 7.91 Å². The second-order valence-electron chi connectivity index (χ2n) is 4.70. The van der Waals surface area contributed by atoms with E-state index in [2.05, 4.69) is 0 Å². The third kappa shape index (κ3) is 3.25. The number of carbonyl (C=O) groups excluding carboxylic acids is 1. The summed E-state index contributed by atoms with van der Waals surface area (Å²) in [7, 11) is 0. The van der Waals surface area contributed by atoms with E-state index in [1.807, 2.05) is 0 Å². The van der Waals surface area contributed by atoms with Crippen molar-refractivity contribution in [3.8, 4) is 0 Å². The first-order valence-corrected chi connectivity index (χ1v) is 6.82. The molecule has 1 heterocycles. The van der Waals surface area contributed by atoms with Gasteiger partial charge in [-0.1, -0.05) is 0 Å². The molecule has 1 aromatic carbocycles. The molecule has 1 saturated heterocycles. The smallest absolute Gasteiger partial charge is 0.419 e. The van der Waals surface area contributed by atoms with Crippen molar-refractivity contribution in [1.29, 1.82) is 0 Å². The van der Waals surface area contributed by atoms with Crippen LogP contribution in [0.2, 0.25) is 0 Å². The topological polar surface area (TPSA) is 29.5 Å². The summed E-state index contributed by atoms with van der Waals surface area (Å²) in [5.41, 5.74) is -3.22. The van der Waals surface area contributed by atoms with Gasteiger partial charge in [-0.2, -0.15) is 26.3 Å². The highest BCUT2D eigenvalue weighted by atomic mass is 127. The number of rotatable bonds is 1. The Kier molecular flexibility index (Phi) is 4.26. The molecule has 0 aromatic heterocycles. The Hall–Kier alpha value is -1.20. The van der Waals surface area contributed by atoms with E-state index < -0.39 is 41.7 Å². The maximum absolute atomic E-state index is 12.8. The Balaban J connectivity index is 2.54. The number of amides is 1. The van der Waals surface area contributed by atoms with Gasteiger partial charge in [0.15, 0.2) is 0 Å². The molecule has 0 spiro atoms. The molecule has 0 bridgehead atoms. The summed E-state index contributed by atoms with van der Waals surface area (Å²) in [4.78, 5) is 11.4. The molecule has 1 fully saturated rings. The second-order valence-corrected chi connectivity index (χ2v) is 5.73. The molecule has 122 valence electrons. The second kappa shape index (κ2) is 5.46. The van der Waals surface area contributed by atoms with Crippen LogP contribution in [0.3, 0.4) is 0 Å². The quantitative estimate of drug-likeness (QED) is 0.352. The van der Waals surface area contributed by atoms with E-state index >= 15 is 0 Å². The van der Waals surface area contributed by atoms with Gasteiger partial charge in [0, 0.05) is 0 Å². The molecule has 22 heavy (non-hydrogen) atoms. The highest BCUT2D eigenvalue weighted by Crippen LogP contribution is 2.41. The molecule has 2 rings (SSSR count). The molecular formula is C12H8F6INO2. The van der Waals surface area contributed by atoms with Gasteiger partial charge < -0.3 is 4.74 Å². The Morgan fingerprint density at radius 3 is 1.82 bits per heavy atom. The molecule has 1 aliphatic heterocycles. The van der Waals surface area contributed by atoms with E-state index in [0.717, 1.165) is 3.11 Å². The van der Waals surface area contributed by atoms with Gasteiger partial charge in [0.25, 0.3) is 0 Å². The van der Waals surface area contributed by atoms with Gasteiger partial charge in [0.05, 0.1) is 40.0 Å². The monoisotopic (exact) mass is 439 g/mol. The zero-order valence-corrected chi connectivity index (χ0v) is 13.0. The van der Waals surface area contributed by atoms with Crippen LogP contribution in [0, 0.1) is 0 Å². The fourth-order valence-electron chi connectivity index (χ4n) is 2.03. The fourth-order valence-corrected chi connectivity index (χ4v) is 2.44. The number of nitrogens with zero attached hydrogens (tertiary/aromatic N) is 1. The third-order valence-corrected chi connectivity index (χ3v) is 4.41. The Labute approximate surface area is 134 Å². The summed E-state index contributed by atoms with van der Waals surface area (Å²) in [6.07, 6.45) is -11.9. The van der Waals surface area contributed by atoms with Crippen LogP contribution in [-0.2, 0) is 17.1 Å². The van der Waals surface area contributed by atoms with Crippen LogP contribution in [0.5, 0.6) is 0 Å². The van der Waals surface area contributed by atoms with E-state index in [4.69, 9.17) is 4.74 Å². The van der Waals surface area contributed by atoms with Gasteiger partial charge in [0.2, 0.25) is 0 Å². The van der Waals surface area contributed by atoms with Gasteiger partial charge >= 0.3 is 18.4 Å². The molecule has 10 heteroatoms. The highest BCUT2D eigenvalue weighted by molar-refractivity contribution is 14.1. The average molecular weight is 439 g/mol. The van der Waals surface area contributed by atoms with E-state index in [1.165, 1.54) is 6.92 Å². The summed E-state index contributed by atoms with van der Waals surface area (Å²) < 4.78 is 82.7. The molecule has 0 aliphatic carbocycles. The van der Waals surface area contributed by atoms with E-state index in [1.54, 1.807) is 22.9 Å². The molecule has 0 N–H and O–H groups in total. The number of alkyl halides is 6. The summed E-state index contributed by atoms with van der Waals surface area (Å²) in [6, 6.07) is 0.476. The van der Waals surface area contributed by atoms with Crippen molar-refractivity contribution in [2.75, 3.05) is 0 Å². The van der Waals surface area contributed by atoms with E-state index in [0.29, 0.717) is 12.1 Å². The van der Waals surface area contributed by atoms with Crippen molar-refractivity contribution < 1.29 is 35.9 Å². The lowest BCUT2D eigenvalue weighted by Crippen LogP contribution is -2.22. The largest absolute Gasteiger partial charge is 0.438 e.